The monoisotopic (exact) mass is 649 g/mol. The molecular formula is C46H68N2. The zero-order valence-electron chi connectivity index (χ0n) is 31.3. The molecule has 3 rings (SSSR count). The van der Waals surface area contributed by atoms with Crippen molar-refractivity contribution >= 4 is 11.4 Å². The second-order valence-electron chi connectivity index (χ2n) is 14.5. The van der Waals surface area contributed by atoms with Crippen molar-refractivity contribution in [3.05, 3.63) is 88.0 Å². The maximum atomic E-state index is 11.2. The van der Waals surface area contributed by atoms with Gasteiger partial charge in [0.2, 0.25) is 11.4 Å². The lowest BCUT2D eigenvalue weighted by atomic mass is 10.0. The van der Waals surface area contributed by atoms with Crippen molar-refractivity contribution in [3.63, 3.8) is 0 Å². The molecule has 0 bridgehead atoms. The van der Waals surface area contributed by atoms with Gasteiger partial charge in [-0.05, 0) is 44.5 Å². The first-order valence-corrected chi connectivity index (χ1v) is 20.2. The third-order valence-electron chi connectivity index (χ3n) is 10.0. The quantitative estimate of drug-likeness (QED) is 0.0551. The second-order valence-corrected chi connectivity index (χ2v) is 14.5. The summed E-state index contributed by atoms with van der Waals surface area (Å²) in [6.45, 7) is 6.47. The molecular weight excluding hydrogens is 581 g/mol. The molecule has 48 heavy (non-hydrogen) atoms. The van der Waals surface area contributed by atoms with Crippen molar-refractivity contribution in [2.45, 2.75) is 181 Å². The van der Waals surface area contributed by atoms with Crippen LogP contribution in [0.25, 0.3) is 16.9 Å². The zero-order chi connectivity index (χ0) is 34.1. The van der Waals surface area contributed by atoms with Gasteiger partial charge in [0.05, 0.1) is 0 Å². The van der Waals surface area contributed by atoms with Crippen LogP contribution in [0.2, 0.25) is 0 Å². The van der Waals surface area contributed by atoms with Gasteiger partial charge in [0.25, 0.3) is 0 Å². The van der Waals surface area contributed by atoms with Crippen LogP contribution in [0, 0.1) is 25.7 Å². The fraction of sp³-hybridized carbons (Fsp3) is 0.609. The van der Waals surface area contributed by atoms with E-state index in [1.54, 1.807) is 0 Å². The molecule has 0 saturated carbocycles. The van der Waals surface area contributed by atoms with Gasteiger partial charge in [-0.1, -0.05) is 202 Å². The van der Waals surface area contributed by atoms with Crippen LogP contribution in [-0.2, 0) is 0 Å². The summed E-state index contributed by atoms with van der Waals surface area (Å²) in [4.78, 5) is 0. The highest BCUT2D eigenvalue weighted by Gasteiger charge is 2.28. The van der Waals surface area contributed by atoms with Gasteiger partial charge in [-0.15, -0.1) is 0 Å². The van der Waals surface area contributed by atoms with Crippen LogP contribution in [0.5, 0.6) is 0 Å². The summed E-state index contributed by atoms with van der Waals surface area (Å²) in [5.41, 5.74) is 18.0. The maximum Gasteiger partial charge on any atom is 0.223 e. The maximum absolute atomic E-state index is 11.2. The van der Waals surface area contributed by atoms with Crippen LogP contribution in [-0.4, -0.2) is 4.70 Å². The lowest BCUT2D eigenvalue weighted by molar-refractivity contribution is -0.344. The van der Waals surface area contributed by atoms with E-state index in [1.165, 1.54) is 164 Å². The lowest BCUT2D eigenvalue weighted by Crippen LogP contribution is -2.02. The number of rotatable bonds is 26. The number of hydrogen-bond acceptors (Lipinski definition) is 0. The standard InChI is InChI=1S/C46H68N2/c1-4-5-6-7-8-9-10-11-12-13-14-15-16-17-18-19-20-21-22-23-24-25-26-27-28-29-30-44-39-45(42-35-31-40(2)32-36-42)48(47)46(44)43-37-33-41(3)34-38-43/h31-39H,4-28H2,1-3H3. The van der Waals surface area contributed by atoms with E-state index in [-0.39, 0.29) is 0 Å². The highest BCUT2D eigenvalue weighted by Crippen LogP contribution is 2.35. The normalized spacial score (nSPS) is 12.8. The van der Waals surface area contributed by atoms with Gasteiger partial charge in [0.1, 0.15) is 5.57 Å². The molecule has 0 aliphatic carbocycles. The first-order chi connectivity index (χ1) is 23.6. The number of unbranched alkanes of at least 4 members (excludes halogenated alkanes) is 24. The Balaban J connectivity index is 1.18. The summed E-state index contributed by atoms with van der Waals surface area (Å²) in [5, 5.41) is 0. The molecule has 0 N–H and O–H groups in total. The van der Waals surface area contributed by atoms with E-state index in [1.807, 2.05) is 6.08 Å². The number of allylic oxidation sites excluding steroid dienone is 2. The van der Waals surface area contributed by atoms with Crippen LogP contribution < -0.4 is 0 Å². The summed E-state index contributed by atoms with van der Waals surface area (Å²) >= 11 is 0. The lowest BCUT2D eigenvalue weighted by Gasteiger charge is -2.09. The zero-order valence-corrected chi connectivity index (χ0v) is 31.3. The Kier molecular flexibility index (Phi) is 20.7. The molecule has 1 aliphatic rings. The Morgan fingerprint density at radius 3 is 1.23 bits per heavy atom. The van der Waals surface area contributed by atoms with Crippen molar-refractivity contribution in [2.24, 2.45) is 0 Å². The molecule has 2 nitrogen and oxygen atoms in total. The molecule has 0 saturated heterocycles. The van der Waals surface area contributed by atoms with Gasteiger partial charge in [-0.3, -0.25) is 0 Å². The minimum Gasteiger partial charge on any atom is -0.493 e. The average Bonchev–Trinajstić information content (AvgIpc) is 3.42. The number of hydrogen-bond donors (Lipinski definition) is 0. The molecule has 2 aromatic carbocycles. The molecule has 2 heteroatoms. The predicted octanol–water partition coefficient (Wildman–Crippen LogP) is 14.9. The Bertz CT molecular complexity index is 1280. The molecule has 0 fully saturated rings. The first-order valence-electron chi connectivity index (χ1n) is 20.2. The van der Waals surface area contributed by atoms with E-state index in [9.17, 15) is 5.53 Å². The highest BCUT2D eigenvalue weighted by molar-refractivity contribution is 5.81. The largest absolute Gasteiger partial charge is 0.493 e. The van der Waals surface area contributed by atoms with Gasteiger partial charge in [0, 0.05) is 23.6 Å². The van der Waals surface area contributed by atoms with Gasteiger partial charge >= 0.3 is 0 Å². The van der Waals surface area contributed by atoms with Crippen LogP contribution in [0.1, 0.15) is 190 Å². The molecule has 2 aromatic rings. The summed E-state index contributed by atoms with van der Waals surface area (Å²) in [7, 11) is 0. The van der Waals surface area contributed by atoms with Gasteiger partial charge in [-0.25, -0.2) is 4.70 Å². The van der Waals surface area contributed by atoms with Crippen molar-refractivity contribution in [1.29, 1.82) is 0 Å². The average molecular weight is 649 g/mol. The summed E-state index contributed by atoms with van der Waals surface area (Å²) in [6, 6.07) is 16.6. The van der Waals surface area contributed by atoms with E-state index in [0.29, 0.717) is 0 Å². The van der Waals surface area contributed by atoms with E-state index in [0.717, 1.165) is 40.9 Å². The van der Waals surface area contributed by atoms with E-state index in [4.69, 9.17) is 0 Å². The molecule has 1 aliphatic heterocycles. The Hall–Kier alpha value is -2.92. The minimum atomic E-state index is 0.776. The molecule has 0 radical (unpaired) electrons. The Morgan fingerprint density at radius 2 is 0.833 bits per heavy atom. The van der Waals surface area contributed by atoms with E-state index >= 15 is 0 Å². The molecule has 0 unspecified atom stereocenters. The van der Waals surface area contributed by atoms with E-state index in [2.05, 4.69) is 81.1 Å². The van der Waals surface area contributed by atoms with Gasteiger partial charge in [0.15, 0.2) is 0 Å². The Labute approximate surface area is 296 Å². The van der Waals surface area contributed by atoms with Crippen molar-refractivity contribution in [3.8, 4) is 11.8 Å². The molecule has 1 heterocycles. The topological polar surface area (TPSA) is 25.3 Å². The fourth-order valence-electron chi connectivity index (χ4n) is 6.85. The summed E-state index contributed by atoms with van der Waals surface area (Å²) in [6.07, 6.45) is 36.9. The van der Waals surface area contributed by atoms with E-state index < -0.39 is 0 Å². The third kappa shape index (κ3) is 16.0. The molecule has 0 amide bonds. The van der Waals surface area contributed by atoms with Crippen LogP contribution in [0.4, 0.5) is 0 Å². The predicted molar refractivity (Wildman–Crippen MR) is 210 cm³/mol. The number of nitrogens with zero attached hydrogens (tertiary/aromatic N) is 2. The van der Waals surface area contributed by atoms with Crippen molar-refractivity contribution < 1.29 is 4.70 Å². The summed E-state index contributed by atoms with van der Waals surface area (Å²) in [5.74, 6) is 6.82. The van der Waals surface area contributed by atoms with Crippen LogP contribution in [0.3, 0.4) is 0 Å². The third-order valence-corrected chi connectivity index (χ3v) is 10.0. The minimum absolute atomic E-state index is 0.776. The molecule has 0 spiro atoms. The molecule has 0 atom stereocenters. The second kappa shape index (κ2) is 25.1. The van der Waals surface area contributed by atoms with Gasteiger partial charge < -0.3 is 5.53 Å². The van der Waals surface area contributed by atoms with Crippen LogP contribution in [0.15, 0.2) is 60.2 Å². The Morgan fingerprint density at radius 1 is 0.479 bits per heavy atom. The van der Waals surface area contributed by atoms with Crippen LogP contribution >= 0.6 is 0 Å². The highest BCUT2D eigenvalue weighted by atomic mass is 15.2. The fourth-order valence-corrected chi connectivity index (χ4v) is 6.85. The molecule has 262 valence electrons. The number of aryl methyl sites for hydroxylation is 2. The molecule has 0 aromatic heterocycles. The SMILES string of the molecule is CCCCCCCCCCCCCCCCCCCCCCCCCCC#CC1=C(c2ccc(C)cc2)[N+](=[N-])C(c2ccc(C)cc2)=C1. The first kappa shape index (κ1) is 39.5. The smallest absolute Gasteiger partial charge is 0.223 e. The summed E-state index contributed by atoms with van der Waals surface area (Å²) < 4.78 is 1.32. The van der Waals surface area contributed by atoms with Gasteiger partial charge in [-0.2, -0.15) is 0 Å². The van der Waals surface area contributed by atoms with Crippen molar-refractivity contribution in [1.82, 2.24) is 0 Å². The van der Waals surface area contributed by atoms with Crippen molar-refractivity contribution in [2.75, 3.05) is 0 Å². The number of benzene rings is 2.